The predicted octanol–water partition coefficient (Wildman–Crippen LogP) is 2.03. The summed E-state index contributed by atoms with van der Waals surface area (Å²) in [6.45, 7) is 2.74. The summed E-state index contributed by atoms with van der Waals surface area (Å²) in [6.07, 6.45) is 2.55. The summed E-state index contributed by atoms with van der Waals surface area (Å²) in [7, 11) is 0. The molecule has 3 N–H and O–H groups in total. The van der Waals surface area contributed by atoms with Crippen LogP contribution in [0.2, 0.25) is 0 Å². The zero-order valence-electron chi connectivity index (χ0n) is 10.9. The van der Waals surface area contributed by atoms with Crippen LogP contribution in [0, 0.1) is 5.92 Å². The van der Waals surface area contributed by atoms with Crippen molar-refractivity contribution in [1.82, 2.24) is 5.32 Å². The van der Waals surface area contributed by atoms with E-state index < -0.39 is 0 Å². The lowest BCUT2D eigenvalue weighted by molar-refractivity contribution is -0.121. The quantitative estimate of drug-likeness (QED) is 0.807. The Morgan fingerprint density at radius 2 is 2.17 bits per heavy atom. The molecule has 98 valence electrons. The van der Waals surface area contributed by atoms with Gasteiger partial charge in [0.15, 0.2) is 0 Å². The summed E-state index contributed by atoms with van der Waals surface area (Å²) in [5.74, 6) is 1.11. The van der Waals surface area contributed by atoms with Crippen LogP contribution in [0.4, 0.5) is 0 Å². The first-order valence-electron chi connectivity index (χ1n) is 6.75. The van der Waals surface area contributed by atoms with Gasteiger partial charge in [0.1, 0.15) is 0 Å². The Morgan fingerprint density at radius 3 is 2.83 bits per heavy atom. The number of benzene rings is 1. The van der Waals surface area contributed by atoms with Crippen molar-refractivity contribution in [3.8, 4) is 0 Å². The highest BCUT2D eigenvalue weighted by molar-refractivity contribution is 5.76. The van der Waals surface area contributed by atoms with Crippen LogP contribution >= 0.6 is 0 Å². The van der Waals surface area contributed by atoms with Crippen LogP contribution in [-0.2, 0) is 4.79 Å². The lowest BCUT2D eigenvalue weighted by Crippen LogP contribution is -2.27. The average molecular weight is 246 g/mol. The summed E-state index contributed by atoms with van der Waals surface area (Å²) in [4.78, 5) is 11.7. The van der Waals surface area contributed by atoms with Gasteiger partial charge in [-0.15, -0.1) is 0 Å². The van der Waals surface area contributed by atoms with Crippen LogP contribution in [0.5, 0.6) is 0 Å². The van der Waals surface area contributed by atoms with Gasteiger partial charge in [0, 0.05) is 18.4 Å². The number of nitrogens with one attached hydrogen (secondary N) is 1. The number of carbonyl (C=O) groups is 1. The minimum absolute atomic E-state index is 0.165. The van der Waals surface area contributed by atoms with Crippen molar-refractivity contribution in [2.75, 3.05) is 6.54 Å². The SMILES string of the molecule is CC(CN)CCC(=O)NC1CC1c1ccccc1. The number of hydrogen-bond donors (Lipinski definition) is 2. The van der Waals surface area contributed by atoms with Gasteiger partial charge in [0.2, 0.25) is 5.91 Å². The van der Waals surface area contributed by atoms with Gasteiger partial charge < -0.3 is 11.1 Å². The van der Waals surface area contributed by atoms with Crippen LogP contribution < -0.4 is 11.1 Å². The van der Waals surface area contributed by atoms with Gasteiger partial charge >= 0.3 is 0 Å². The number of carbonyl (C=O) groups excluding carboxylic acids is 1. The molecule has 0 bridgehead atoms. The van der Waals surface area contributed by atoms with Crippen LogP contribution in [0.1, 0.15) is 37.7 Å². The summed E-state index contributed by atoms with van der Waals surface area (Å²) in [6, 6.07) is 10.7. The summed E-state index contributed by atoms with van der Waals surface area (Å²) >= 11 is 0. The smallest absolute Gasteiger partial charge is 0.220 e. The molecule has 0 radical (unpaired) electrons. The van der Waals surface area contributed by atoms with Crippen molar-refractivity contribution in [3.63, 3.8) is 0 Å². The molecule has 3 nitrogen and oxygen atoms in total. The molecule has 3 atom stereocenters. The van der Waals surface area contributed by atoms with E-state index in [4.69, 9.17) is 5.73 Å². The highest BCUT2D eigenvalue weighted by atomic mass is 16.1. The minimum atomic E-state index is 0.165. The van der Waals surface area contributed by atoms with E-state index in [1.165, 1.54) is 5.56 Å². The van der Waals surface area contributed by atoms with Gasteiger partial charge in [-0.1, -0.05) is 37.3 Å². The number of rotatable bonds is 6. The maximum atomic E-state index is 11.7. The van der Waals surface area contributed by atoms with Crippen molar-refractivity contribution in [2.45, 2.75) is 38.1 Å². The maximum absolute atomic E-state index is 11.7. The molecular formula is C15H22N2O. The van der Waals surface area contributed by atoms with Crippen molar-refractivity contribution in [1.29, 1.82) is 0 Å². The molecule has 0 spiro atoms. The van der Waals surface area contributed by atoms with E-state index in [9.17, 15) is 4.79 Å². The molecular weight excluding hydrogens is 224 g/mol. The zero-order chi connectivity index (χ0) is 13.0. The van der Waals surface area contributed by atoms with E-state index >= 15 is 0 Å². The van der Waals surface area contributed by atoms with Crippen LogP contribution in [-0.4, -0.2) is 18.5 Å². The van der Waals surface area contributed by atoms with Crippen molar-refractivity contribution in [2.24, 2.45) is 11.7 Å². The zero-order valence-corrected chi connectivity index (χ0v) is 10.9. The van der Waals surface area contributed by atoms with Gasteiger partial charge in [0.05, 0.1) is 0 Å². The molecule has 1 aromatic carbocycles. The van der Waals surface area contributed by atoms with Gasteiger partial charge in [0.25, 0.3) is 0 Å². The fourth-order valence-electron chi connectivity index (χ4n) is 2.20. The van der Waals surface area contributed by atoms with E-state index in [0.717, 1.165) is 12.8 Å². The van der Waals surface area contributed by atoms with Gasteiger partial charge in [-0.3, -0.25) is 4.79 Å². The molecule has 1 saturated carbocycles. The van der Waals surface area contributed by atoms with Crippen LogP contribution in [0.3, 0.4) is 0 Å². The fourth-order valence-corrected chi connectivity index (χ4v) is 2.20. The van der Waals surface area contributed by atoms with Crippen molar-refractivity contribution in [3.05, 3.63) is 35.9 Å². The van der Waals surface area contributed by atoms with Crippen LogP contribution in [0.15, 0.2) is 30.3 Å². The van der Waals surface area contributed by atoms with E-state index in [1.807, 2.05) is 6.07 Å². The van der Waals surface area contributed by atoms with Crippen molar-refractivity contribution >= 4 is 5.91 Å². The Balaban J connectivity index is 1.71. The van der Waals surface area contributed by atoms with E-state index in [0.29, 0.717) is 30.8 Å². The average Bonchev–Trinajstić information content (AvgIpc) is 3.16. The highest BCUT2D eigenvalue weighted by Gasteiger charge is 2.39. The second kappa shape index (κ2) is 6.01. The number of amides is 1. The summed E-state index contributed by atoms with van der Waals surface area (Å²) in [5.41, 5.74) is 6.87. The Bertz CT molecular complexity index is 391. The number of hydrogen-bond acceptors (Lipinski definition) is 2. The molecule has 0 aromatic heterocycles. The van der Waals surface area contributed by atoms with Gasteiger partial charge in [-0.05, 0) is 30.9 Å². The highest BCUT2D eigenvalue weighted by Crippen LogP contribution is 2.40. The molecule has 1 aliphatic carbocycles. The third kappa shape index (κ3) is 3.57. The Hall–Kier alpha value is -1.35. The Kier molecular flexibility index (Phi) is 4.37. The van der Waals surface area contributed by atoms with E-state index in [1.54, 1.807) is 0 Å². The topological polar surface area (TPSA) is 55.1 Å². The molecule has 1 aromatic rings. The third-order valence-electron chi connectivity index (χ3n) is 3.63. The molecule has 0 aliphatic heterocycles. The van der Waals surface area contributed by atoms with Gasteiger partial charge in [-0.25, -0.2) is 0 Å². The lowest BCUT2D eigenvalue weighted by Gasteiger charge is -2.08. The largest absolute Gasteiger partial charge is 0.353 e. The lowest BCUT2D eigenvalue weighted by atomic mass is 10.1. The molecule has 3 heteroatoms. The predicted molar refractivity (Wildman–Crippen MR) is 73.2 cm³/mol. The molecule has 3 unspecified atom stereocenters. The normalized spacial score (nSPS) is 23.4. The monoisotopic (exact) mass is 246 g/mol. The van der Waals surface area contributed by atoms with E-state index in [2.05, 4.69) is 36.5 Å². The minimum Gasteiger partial charge on any atom is -0.353 e. The standard InChI is InChI=1S/C15H22N2O/c1-11(10-16)7-8-15(18)17-14-9-13(14)12-5-3-2-4-6-12/h2-6,11,13-14H,7-10,16H2,1H3,(H,17,18). The molecule has 2 rings (SSSR count). The molecule has 0 saturated heterocycles. The first kappa shape index (κ1) is 13.1. The Morgan fingerprint density at radius 1 is 1.44 bits per heavy atom. The number of nitrogens with two attached hydrogens (primary N) is 1. The summed E-state index contributed by atoms with van der Waals surface area (Å²) in [5, 5.41) is 3.10. The molecule has 1 amide bonds. The third-order valence-corrected chi connectivity index (χ3v) is 3.63. The first-order valence-corrected chi connectivity index (χ1v) is 6.75. The molecule has 18 heavy (non-hydrogen) atoms. The van der Waals surface area contributed by atoms with Gasteiger partial charge in [-0.2, -0.15) is 0 Å². The second-order valence-electron chi connectivity index (χ2n) is 5.31. The van der Waals surface area contributed by atoms with Crippen LogP contribution in [0.25, 0.3) is 0 Å². The first-order chi connectivity index (χ1) is 8.70. The molecule has 1 aliphatic rings. The summed E-state index contributed by atoms with van der Waals surface area (Å²) < 4.78 is 0. The molecule has 1 fully saturated rings. The maximum Gasteiger partial charge on any atom is 0.220 e. The second-order valence-corrected chi connectivity index (χ2v) is 5.31. The van der Waals surface area contributed by atoms with E-state index in [-0.39, 0.29) is 5.91 Å². The van der Waals surface area contributed by atoms with Crippen molar-refractivity contribution < 1.29 is 4.79 Å². The Labute approximate surface area is 109 Å². The molecule has 0 heterocycles. The fraction of sp³-hybridized carbons (Fsp3) is 0.533.